The lowest BCUT2D eigenvalue weighted by Gasteiger charge is -2.43. The van der Waals surface area contributed by atoms with E-state index in [9.17, 15) is 4.79 Å². The van der Waals surface area contributed by atoms with E-state index in [1.54, 1.807) is 7.11 Å². The maximum absolute atomic E-state index is 13.2. The van der Waals surface area contributed by atoms with Gasteiger partial charge in [-0.15, -0.1) is 0 Å². The van der Waals surface area contributed by atoms with Gasteiger partial charge in [-0.2, -0.15) is 9.97 Å². The zero-order valence-electron chi connectivity index (χ0n) is 27.5. The number of nitrogens with zero attached hydrogens (tertiary/aromatic N) is 6. The predicted octanol–water partition coefficient (Wildman–Crippen LogP) is 5.13. The largest absolute Gasteiger partial charge is 0.462 e. The number of carbonyl (C=O) groups is 1. The molecule has 0 radical (unpaired) electrons. The minimum atomic E-state index is -0.554. The number of rotatable bonds is 8. The lowest BCUT2D eigenvalue weighted by molar-refractivity contribution is 0.0105. The second kappa shape index (κ2) is 13.4. The van der Waals surface area contributed by atoms with Crippen LogP contribution in [-0.4, -0.2) is 104 Å². The number of hydrogen-bond donors (Lipinski definition) is 0. The predicted molar refractivity (Wildman–Crippen MR) is 177 cm³/mol. The molecule has 4 heterocycles. The number of likely N-dealkylation sites (tertiary alicyclic amines) is 1. The number of ether oxygens (including phenoxy) is 3. The van der Waals surface area contributed by atoms with E-state index < -0.39 is 5.60 Å². The van der Waals surface area contributed by atoms with Gasteiger partial charge in [0, 0.05) is 62.6 Å². The van der Waals surface area contributed by atoms with E-state index in [0.29, 0.717) is 57.9 Å². The van der Waals surface area contributed by atoms with Crippen molar-refractivity contribution in [2.45, 2.75) is 70.7 Å². The molecule has 0 N–H and O–H groups in total. The summed E-state index contributed by atoms with van der Waals surface area (Å²) in [5, 5.41) is 2.48. The molecule has 242 valence electrons. The molecular weight excluding hydrogens is 568 g/mol. The third-order valence-corrected chi connectivity index (χ3v) is 9.27. The van der Waals surface area contributed by atoms with Gasteiger partial charge in [0.2, 0.25) is 0 Å². The van der Waals surface area contributed by atoms with Crippen molar-refractivity contribution in [3.63, 3.8) is 0 Å². The summed E-state index contributed by atoms with van der Waals surface area (Å²) >= 11 is 0. The highest BCUT2D eigenvalue weighted by molar-refractivity contribution is 5.94. The van der Waals surface area contributed by atoms with Crippen LogP contribution in [-0.2, 0) is 22.4 Å². The number of benzene rings is 2. The average Bonchev–Trinajstić information content (AvgIpc) is 3.45. The van der Waals surface area contributed by atoms with Crippen LogP contribution in [0.1, 0.15) is 51.3 Å². The fourth-order valence-electron chi connectivity index (χ4n) is 6.87. The zero-order chi connectivity index (χ0) is 31.6. The summed E-state index contributed by atoms with van der Waals surface area (Å²) in [6, 6.07) is 15.8. The molecule has 3 aromatic rings. The van der Waals surface area contributed by atoms with Crippen molar-refractivity contribution in [3.05, 3.63) is 53.7 Å². The molecule has 0 bridgehead atoms. The van der Waals surface area contributed by atoms with Crippen molar-refractivity contribution in [2.75, 3.05) is 69.9 Å². The average molecular weight is 617 g/mol. The summed E-state index contributed by atoms with van der Waals surface area (Å²) in [5.41, 5.74) is 2.85. The topological polar surface area (TPSA) is 83.5 Å². The smallest absolute Gasteiger partial charge is 0.410 e. The van der Waals surface area contributed by atoms with Gasteiger partial charge in [-0.3, -0.25) is 0 Å². The van der Waals surface area contributed by atoms with Gasteiger partial charge < -0.3 is 33.8 Å². The standard InChI is InChI=1S/C35H48N6O4/c1-35(2,3)45-34(42)41-20-19-40(22-26(41)16-21-43-5)32-29-15-18-39(31-14-8-11-25-10-6-7-13-28(25)31)23-30(29)36-33(37-32)44-24-27-12-9-17-38(27)4/h6-8,10-11,13-14,26-27H,9,12,15-24H2,1-5H3/t26-,27-/m0/s1. The molecule has 2 fully saturated rings. The number of fused-ring (bicyclic) bond motifs is 2. The molecule has 0 saturated carbocycles. The second-order valence-electron chi connectivity index (χ2n) is 13.6. The monoisotopic (exact) mass is 616 g/mol. The Hall–Kier alpha value is -3.63. The van der Waals surface area contributed by atoms with Gasteiger partial charge in [0.15, 0.2) is 0 Å². The summed E-state index contributed by atoms with van der Waals surface area (Å²) in [7, 11) is 3.86. The van der Waals surface area contributed by atoms with Crippen molar-refractivity contribution in [3.8, 4) is 6.01 Å². The van der Waals surface area contributed by atoms with Gasteiger partial charge in [0.1, 0.15) is 18.0 Å². The van der Waals surface area contributed by atoms with E-state index in [1.165, 1.54) is 28.4 Å². The summed E-state index contributed by atoms with van der Waals surface area (Å²) in [6.07, 6.45) is 3.58. The molecule has 6 rings (SSSR count). The number of methoxy groups -OCH3 is 1. The van der Waals surface area contributed by atoms with Crippen LogP contribution >= 0.6 is 0 Å². The molecular formula is C35H48N6O4. The summed E-state index contributed by atoms with van der Waals surface area (Å²) in [6.45, 7) is 11.4. The molecule has 2 atom stereocenters. The molecule has 0 aliphatic carbocycles. The Labute approximate surface area is 267 Å². The summed E-state index contributed by atoms with van der Waals surface area (Å²) in [4.78, 5) is 32.3. The fourth-order valence-corrected chi connectivity index (χ4v) is 6.87. The molecule has 2 saturated heterocycles. The molecule has 10 heteroatoms. The van der Waals surface area contributed by atoms with Crippen LogP contribution in [0, 0.1) is 0 Å². The SMILES string of the molecule is COCC[C@H]1CN(c2nc(OC[C@@H]3CCCN3C)nc3c2CCN(c2cccc4ccccc24)C3)CCN1C(=O)OC(C)(C)C. The quantitative estimate of drug-likeness (QED) is 0.342. The summed E-state index contributed by atoms with van der Waals surface area (Å²) < 4.78 is 17.6. The van der Waals surface area contributed by atoms with Crippen LogP contribution in [0.5, 0.6) is 6.01 Å². The van der Waals surface area contributed by atoms with Gasteiger partial charge >= 0.3 is 12.1 Å². The van der Waals surface area contributed by atoms with E-state index in [0.717, 1.165) is 37.4 Å². The Morgan fingerprint density at radius 3 is 2.58 bits per heavy atom. The number of likely N-dealkylation sites (N-methyl/N-ethyl adjacent to an activating group) is 1. The second-order valence-corrected chi connectivity index (χ2v) is 13.6. The number of anilines is 2. The fraction of sp³-hybridized carbons (Fsp3) is 0.571. The number of carbonyl (C=O) groups excluding carboxylic acids is 1. The Balaban J connectivity index is 1.30. The third-order valence-electron chi connectivity index (χ3n) is 9.27. The maximum atomic E-state index is 13.2. The van der Waals surface area contributed by atoms with Crippen LogP contribution in [0.2, 0.25) is 0 Å². The lowest BCUT2D eigenvalue weighted by atomic mass is 10.0. The highest BCUT2D eigenvalue weighted by Crippen LogP contribution is 2.35. The van der Waals surface area contributed by atoms with Crippen LogP contribution in [0.3, 0.4) is 0 Å². The molecule has 0 unspecified atom stereocenters. The van der Waals surface area contributed by atoms with Crippen molar-refractivity contribution >= 4 is 28.4 Å². The van der Waals surface area contributed by atoms with Crippen LogP contribution in [0.15, 0.2) is 42.5 Å². The normalized spacial score (nSPS) is 20.9. The molecule has 0 spiro atoms. The Morgan fingerprint density at radius 2 is 1.80 bits per heavy atom. The number of amides is 1. The van der Waals surface area contributed by atoms with Crippen molar-refractivity contribution in [1.82, 2.24) is 19.8 Å². The van der Waals surface area contributed by atoms with Crippen molar-refractivity contribution in [1.29, 1.82) is 0 Å². The molecule has 3 aliphatic rings. The van der Waals surface area contributed by atoms with E-state index in [4.69, 9.17) is 24.2 Å². The molecule has 45 heavy (non-hydrogen) atoms. The minimum Gasteiger partial charge on any atom is -0.462 e. The van der Waals surface area contributed by atoms with Crippen LogP contribution in [0.4, 0.5) is 16.3 Å². The Morgan fingerprint density at radius 1 is 0.978 bits per heavy atom. The van der Waals surface area contributed by atoms with Gasteiger partial charge in [-0.05, 0) is 71.5 Å². The van der Waals surface area contributed by atoms with Crippen LogP contribution < -0.4 is 14.5 Å². The first-order valence-electron chi connectivity index (χ1n) is 16.4. The van der Waals surface area contributed by atoms with E-state index in [-0.39, 0.29) is 12.1 Å². The van der Waals surface area contributed by atoms with Crippen molar-refractivity contribution < 1.29 is 19.0 Å². The number of aromatic nitrogens is 2. The molecule has 2 aromatic carbocycles. The molecule has 1 amide bonds. The van der Waals surface area contributed by atoms with Crippen LogP contribution in [0.25, 0.3) is 10.8 Å². The van der Waals surface area contributed by atoms with E-state index in [1.807, 2.05) is 25.7 Å². The first kappa shape index (κ1) is 31.4. The molecule has 3 aliphatic heterocycles. The number of piperazine rings is 1. The van der Waals surface area contributed by atoms with Gasteiger partial charge in [0.05, 0.1) is 18.3 Å². The lowest BCUT2D eigenvalue weighted by Crippen LogP contribution is -2.57. The first-order chi connectivity index (χ1) is 21.7. The first-order valence-corrected chi connectivity index (χ1v) is 16.4. The Bertz CT molecular complexity index is 1490. The van der Waals surface area contributed by atoms with Gasteiger partial charge in [-0.1, -0.05) is 36.4 Å². The van der Waals surface area contributed by atoms with Gasteiger partial charge in [0.25, 0.3) is 0 Å². The van der Waals surface area contributed by atoms with Crippen molar-refractivity contribution in [2.24, 2.45) is 0 Å². The van der Waals surface area contributed by atoms with Gasteiger partial charge in [-0.25, -0.2) is 4.79 Å². The van der Waals surface area contributed by atoms with E-state index in [2.05, 4.69) is 64.2 Å². The zero-order valence-corrected chi connectivity index (χ0v) is 27.5. The maximum Gasteiger partial charge on any atom is 0.410 e. The highest BCUT2D eigenvalue weighted by atomic mass is 16.6. The summed E-state index contributed by atoms with van der Waals surface area (Å²) in [5.74, 6) is 0.929. The molecule has 10 nitrogen and oxygen atoms in total. The molecule has 1 aromatic heterocycles. The third kappa shape index (κ3) is 7.12. The number of hydrogen-bond acceptors (Lipinski definition) is 9. The minimum absolute atomic E-state index is 0.0635. The Kier molecular flexibility index (Phi) is 9.33. The van der Waals surface area contributed by atoms with E-state index >= 15 is 0 Å². The highest BCUT2D eigenvalue weighted by Gasteiger charge is 2.36.